The molecule has 0 fully saturated rings. The number of carboxylic acid groups (broad SMARTS) is 1. The van der Waals surface area contributed by atoms with Crippen molar-refractivity contribution in [3.8, 4) is 22.9 Å². The molecule has 0 bridgehead atoms. The number of aryl methyl sites for hydroxylation is 1. The Morgan fingerprint density at radius 1 is 1.03 bits per heavy atom. The third-order valence-corrected chi connectivity index (χ3v) is 6.39. The Morgan fingerprint density at radius 3 is 2.59 bits per heavy atom. The average molecular weight is 541 g/mol. The van der Waals surface area contributed by atoms with Crippen LogP contribution in [0.3, 0.4) is 0 Å². The van der Waals surface area contributed by atoms with Gasteiger partial charge in [-0.2, -0.15) is 0 Å². The lowest BCUT2D eigenvalue weighted by Crippen LogP contribution is -2.06. The van der Waals surface area contributed by atoms with Gasteiger partial charge in [-0.25, -0.2) is 26.9 Å². The Hall–Kier alpha value is -4.67. The Morgan fingerprint density at radius 2 is 1.82 bits per heavy atom. The number of nitrogens with zero attached hydrogens (tertiary/aromatic N) is 1. The van der Waals surface area contributed by atoms with Gasteiger partial charge in [0.05, 0.1) is 11.1 Å². The molecule has 0 aliphatic heterocycles. The maximum absolute atomic E-state index is 15.1. The van der Waals surface area contributed by atoms with Crippen molar-refractivity contribution in [2.45, 2.75) is 25.7 Å². The SMILES string of the molecule is CC(c1cnc(-c2cc(Oc3c(F)cc4[nH]ccc4c3F)ccc2F)[nH]1)c1cc(F)cc(CCC(=O)O)c1F. The van der Waals surface area contributed by atoms with Crippen molar-refractivity contribution < 1.29 is 36.6 Å². The molecular formula is C28H20F5N3O3. The first kappa shape index (κ1) is 26.0. The summed E-state index contributed by atoms with van der Waals surface area (Å²) in [6.45, 7) is 1.58. The summed E-state index contributed by atoms with van der Waals surface area (Å²) in [5.74, 6) is -6.68. The van der Waals surface area contributed by atoms with Crippen LogP contribution in [-0.2, 0) is 11.2 Å². The number of imidazole rings is 1. The van der Waals surface area contributed by atoms with E-state index in [9.17, 15) is 22.4 Å². The third kappa shape index (κ3) is 5.07. The summed E-state index contributed by atoms with van der Waals surface area (Å²) in [5, 5.41) is 9.00. The molecule has 6 nitrogen and oxygen atoms in total. The molecule has 3 aromatic carbocycles. The van der Waals surface area contributed by atoms with Crippen molar-refractivity contribution in [1.82, 2.24) is 15.0 Å². The molecule has 0 spiro atoms. The first-order valence-electron chi connectivity index (χ1n) is 11.8. The van der Waals surface area contributed by atoms with Gasteiger partial charge in [0.2, 0.25) is 0 Å². The molecule has 0 amide bonds. The minimum Gasteiger partial charge on any atom is -0.481 e. The van der Waals surface area contributed by atoms with Crippen LogP contribution in [0.2, 0.25) is 0 Å². The molecule has 0 aliphatic rings. The van der Waals surface area contributed by atoms with Crippen LogP contribution in [0.25, 0.3) is 22.3 Å². The van der Waals surface area contributed by atoms with Gasteiger partial charge in [-0.05, 0) is 53.9 Å². The predicted octanol–water partition coefficient (Wildman–Crippen LogP) is 7.21. The van der Waals surface area contributed by atoms with Gasteiger partial charge < -0.3 is 19.8 Å². The summed E-state index contributed by atoms with van der Waals surface area (Å²) in [5.41, 5.74) is 0.371. The van der Waals surface area contributed by atoms with Gasteiger partial charge in [0.15, 0.2) is 17.4 Å². The summed E-state index contributed by atoms with van der Waals surface area (Å²) in [6, 6.07) is 7.91. The average Bonchev–Trinajstić information content (AvgIpc) is 3.57. The van der Waals surface area contributed by atoms with Crippen molar-refractivity contribution in [2.24, 2.45) is 0 Å². The molecule has 5 rings (SSSR count). The number of benzene rings is 3. The molecule has 200 valence electrons. The molecule has 5 aromatic rings. The highest BCUT2D eigenvalue weighted by Gasteiger charge is 2.22. The lowest BCUT2D eigenvalue weighted by Gasteiger charge is -2.14. The van der Waals surface area contributed by atoms with Crippen molar-refractivity contribution in [3.63, 3.8) is 0 Å². The number of hydrogen-bond donors (Lipinski definition) is 3. The molecule has 0 radical (unpaired) electrons. The van der Waals surface area contributed by atoms with Crippen molar-refractivity contribution in [2.75, 3.05) is 0 Å². The number of carbonyl (C=O) groups is 1. The van der Waals surface area contributed by atoms with Gasteiger partial charge in [0, 0.05) is 41.9 Å². The normalized spacial score (nSPS) is 12.2. The highest BCUT2D eigenvalue weighted by Crippen LogP contribution is 2.35. The molecule has 3 N–H and O–H groups in total. The highest BCUT2D eigenvalue weighted by molar-refractivity contribution is 5.82. The summed E-state index contributed by atoms with van der Waals surface area (Å²) in [4.78, 5) is 20.6. The van der Waals surface area contributed by atoms with Gasteiger partial charge in [-0.15, -0.1) is 0 Å². The predicted molar refractivity (Wildman–Crippen MR) is 132 cm³/mol. The van der Waals surface area contributed by atoms with Gasteiger partial charge in [0.1, 0.15) is 29.0 Å². The van der Waals surface area contributed by atoms with E-state index in [-0.39, 0.29) is 52.0 Å². The fourth-order valence-electron chi connectivity index (χ4n) is 4.34. The molecule has 39 heavy (non-hydrogen) atoms. The molecule has 11 heteroatoms. The van der Waals surface area contributed by atoms with Crippen LogP contribution in [0, 0.1) is 29.1 Å². The second-order valence-electron chi connectivity index (χ2n) is 8.95. The van der Waals surface area contributed by atoms with Crippen LogP contribution in [0.5, 0.6) is 11.5 Å². The van der Waals surface area contributed by atoms with Gasteiger partial charge >= 0.3 is 5.97 Å². The number of aliphatic carboxylic acids is 1. The van der Waals surface area contributed by atoms with E-state index in [0.717, 1.165) is 24.3 Å². The molecule has 0 saturated heterocycles. The summed E-state index contributed by atoms with van der Waals surface area (Å²) < 4.78 is 78.8. The smallest absolute Gasteiger partial charge is 0.303 e. The lowest BCUT2D eigenvalue weighted by molar-refractivity contribution is -0.136. The lowest BCUT2D eigenvalue weighted by atomic mass is 9.94. The van der Waals surface area contributed by atoms with Crippen molar-refractivity contribution in [1.29, 1.82) is 0 Å². The zero-order valence-corrected chi connectivity index (χ0v) is 20.3. The minimum absolute atomic E-state index is 0.0183. The van der Waals surface area contributed by atoms with Gasteiger partial charge in [-0.3, -0.25) is 4.79 Å². The summed E-state index contributed by atoms with van der Waals surface area (Å²) in [7, 11) is 0. The number of H-pyrrole nitrogens is 2. The molecule has 1 atom stereocenters. The number of aromatic amines is 2. The van der Waals surface area contributed by atoms with Crippen LogP contribution in [0.4, 0.5) is 22.0 Å². The molecule has 1 unspecified atom stereocenters. The van der Waals surface area contributed by atoms with E-state index in [1.807, 2.05) is 0 Å². The first-order valence-corrected chi connectivity index (χ1v) is 11.8. The van der Waals surface area contributed by atoms with Crippen LogP contribution in [0.1, 0.15) is 36.1 Å². The van der Waals surface area contributed by atoms with E-state index in [1.165, 1.54) is 30.6 Å². The number of nitrogens with one attached hydrogen (secondary N) is 2. The number of rotatable bonds is 8. The van der Waals surface area contributed by atoms with Crippen molar-refractivity contribution >= 4 is 16.9 Å². The van der Waals surface area contributed by atoms with E-state index < -0.39 is 46.7 Å². The van der Waals surface area contributed by atoms with Crippen LogP contribution < -0.4 is 4.74 Å². The maximum atomic E-state index is 15.1. The Kier molecular flexibility index (Phi) is 6.81. The third-order valence-electron chi connectivity index (χ3n) is 6.39. The molecule has 2 aromatic heterocycles. The van der Waals surface area contributed by atoms with Crippen LogP contribution >= 0.6 is 0 Å². The largest absolute Gasteiger partial charge is 0.481 e. The minimum atomic E-state index is -1.14. The molecule has 2 heterocycles. The molecule has 0 aliphatic carbocycles. The fourth-order valence-corrected chi connectivity index (χ4v) is 4.34. The number of halogens is 5. The van der Waals surface area contributed by atoms with Crippen LogP contribution in [-0.4, -0.2) is 26.0 Å². The summed E-state index contributed by atoms with van der Waals surface area (Å²) in [6.07, 6.45) is 2.22. The monoisotopic (exact) mass is 541 g/mol. The van der Waals surface area contributed by atoms with Gasteiger partial charge in [0.25, 0.3) is 0 Å². The van der Waals surface area contributed by atoms with E-state index in [0.29, 0.717) is 5.69 Å². The number of hydrogen-bond acceptors (Lipinski definition) is 3. The topological polar surface area (TPSA) is 91.0 Å². The first-order chi connectivity index (χ1) is 18.6. The standard InChI is InChI=1S/C28H20F5N3O3/c1-13(18-9-15(29)8-14(25(18)32)2-5-24(37)38)23-12-35-28(36-23)19-10-16(3-4-20(19)30)39-27-21(31)11-22-17(26(27)33)6-7-34-22/h3-4,6-13,34H,2,5H2,1H3,(H,35,36)(H,37,38). The zero-order chi connectivity index (χ0) is 27.8. The number of carboxylic acids is 1. The van der Waals surface area contributed by atoms with Gasteiger partial charge in [-0.1, -0.05) is 6.92 Å². The fraction of sp³-hybridized carbons (Fsp3) is 0.143. The van der Waals surface area contributed by atoms with Crippen molar-refractivity contribution in [3.05, 3.63) is 101 Å². The Bertz CT molecular complexity index is 1710. The zero-order valence-electron chi connectivity index (χ0n) is 20.3. The Labute approximate surface area is 218 Å². The maximum Gasteiger partial charge on any atom is 0.303 e. The molecule has 0 saturated carbocycles. The van der Waals surface area contributed by atoms with Crippen LogP contribution in [0.15, 0.2) is 54.9 Å². The highest BCUT2D eigenvalue weighted by atomic mass is 19.1. The number of fused-ring (bicyclic) bond motifs is 1. The molecular weight excluding hydrogens is 521 g/mol. The second kappa shape index (κ2) is 10.2. The number of ether oxygens (including phenoxy) is 1. The van der Waals surface area contributed by atoms with E-state index in [2.05, 4.69) is 15.0 Å². The summed E-state index contributed by atoms with van der Waals surface area (Å²) >= 11 is 0. The Balaban J connectivity index is 1.44. The van der Waals surface area contributed by atoms with E-state index in [1.54, 1.807) is 6.92 Å². The number of aromatic nitrogens is 3. The van der Waals surface area contributed by atoms with E-state index >= 15 is 4.39 Å². The van der Waals surface area contributed by atoms with E-state index in [4.69, 9.17) is 9.84 Å². The quantitative estimate of drug-likeness (QED) is 0.181. The second-order valence-corrected chi connectivity index (χ2v) is 8.95.